The highest BCUT2D eigenvalue weighted by Crippen LogP contribution is 2.45. The van der Waals surface area contributed by atoms with E-state index in [1.54, 1.807) is 11.3 Å². The Morgan fingerprint density at radius 3 is 2.91 bits per heavy atom. The molecular formula is C17H28N4S. The predicted molar refractivity (Wildman–Crippen MR) is 93.6 cm³/mol. The summed E-state index contributed by atoms with van der Waals surface area (Å²) in [7, 11) is 0. The first-order valence-corrected chi connectivity index (χ1v) is 9.47. The van der Waals surface area contributed by atoms with E-state index in [0.717, 1.165) is 25.5 Å². The van der Waals surface area contributed by atoms with E-state index in [0.29, 0.717) is 5.41 Å². The second kappa shape index (κ2) is 6.99. The zero-order valence-corrected chi connectivity index (χ0v) is 14.7. The molecule has 2 heterocycles. The monoisotopic (exact) mass is 320 g/mol. The molecule has 0 amide bonds. The fourth-order valence-electron chi connectivity index (χ4n) is 3.85. The van der Waals surface area contributed by atoms with E-state index in [4.69, 9.17) is 4.99 Å². The number of thiazole rings is 1. The number of likely N-dealkylation sites (tertiary alicyclic amines) is 1. The van der Waals surface area contributed by atoms with Crippen molar-refractivity contribution in [1.82, 2.24) is 15.2 Å². The van der Waals surface area contributed by atoms with Gasteiger partial charge < -0.3 is 10.2 Å². The van der Waals surface area contributed by atoms with Gasteiger partial charge in [0.25, 0.3) is 0 Å². The maximum absolute atomic E-state index is 4.85. The van der Waals surface area contributed by atoms with Crippen LogP contribution in [0.5, 0.6) is 0 Å². The topological polar surface area (TPSA) is 40.5 Å². The van der Waals surface area contributed by atoms with Crippen molar-refractivity contribution in [3.8, 4) is 0 Å². The van der Waals surface area contributed by atoms with Crippen molar-refractivity contribution < 1.29 is 0 Å². The van der Waals surface area contributed by atoms with Crippen molar-refractivity contribution in [2.75, 3.05) is 26.2 Å². The zero-order chi connectivity index (χ0) is 15.4. The largest absolute Gasteiger partial charge is 0.357 e. The number of aryl methyl sites for hydroxylation is 1. The Balaban J connectivity index is 1.58. The summed E-state index contributed by atoms with van der Waals surface area (Å²) < 4.78 is 0. The zero-order valence-electron chi connectivity index (χ0n) is 13.9. The fraction of sp³-hybridized carbons (Fsp3) is 0.765. The van der Waals surface area contributed by atoms with E-state index in [1.165, 1.54) is 55.1 Å². The number of nitrogens with zero attached hydrogens (tertiary/aromatic N) is 3. The third-order valence-corrected chi connectivity index (χ3v) is 5.97. The molecule has 0 radical (unpaired) electrons. The molecule has 1 saturated carbocycles. The van der Waals surface area contributed by atoms with Gasteiger partial charge in [0, 0.05) is 43.7 Å². The van der Waals surface area contributed by atoms with Crippen LogP contribution < -0.4 is 5.32 Å². The molecule has 3 rings (SSSR count). The Bertz CT molecular complexity index is 516. The molecule has 2 fully saturated rings. The van der Waals surface area contributed by atoms with Crippen molar-refractivity contribution in [1.29, 1.82) is 0 Å². The highest BCUT2D eigenvalue weighted by Gasteiger charge is 2.41. The first kappa shape index (κ1) is 15.8. The van der Waals surface area contributed by atoms with Crippen LogP contribution in [-0.4, -0.2) is 42.0 Å². The van der Waals surface area contributed by atoms with Crippen molar-refractivity contribution in [2.45, 2.75) is 52.4 Å². The Labute approximate surface area is 138 Å². The summed E-state index contributed by atoms with van der Waals surface area (Å²) in [6.07, 6.45) is 9.94. The molecule has 0 bridgehead atoms. The van der Waals surface area contributed by atoms with Crippen LogP contribution in [0.4, 0.5) is 0 Å². The van der Waals surface area contributed by atoms with Crippen LogP contribution in [0.15, 0.2) is 11.2 Å². The molecule has 1 aliphatic carbocycles. The summed E-state index contributed by atoms with van der Waals surface area (Å²) in [5.41, 5.74) is 0.600. The summed E-state index contributed by atoms with van der Waals surface area (Å²) in [6.45, 7) is 8.41. The lowest BCUT2D eigenvalue weighted by molar-refractivity contribution is 0.309. The van der Waals surface area contributed by atoms with Crippen LogP contribution in [0, 0.1) is 12.3 Å². The number of aliphatic imine (C=N–C) groups is 1. The molecule has 1 aliphatic heterocycles. The van der Waals surface area contributed by atoms with Crippen LogP contribution in [-0.2, 0) is 6.42 Å². The van der Waals surface area contributed by atoms with Gasteiger partial charge in [0.15, 0.2) is 5.96 Å². The average molecular weight is 321 g/mol. The van der Waals surface area contributed by atoms with Gasteiger partial charge in [-0.15, -0.1) is 11.3 Å². The molecule has 1 spiro atoms. The summed E-state index contributed by atoms with van der Waals surface area (Å²) in [4.78, 5) is 13.1. The number of nitrogens with one attached hydrogen (secondary N) is 1. The van der Waals surface area contributed by atoms with Gasteiger partial charge in [-0.3, -0.25) is 4.99 Å². The van der Waals surface area contributed by atoms with E-state index < -0.39 is 0 Å². The minimum Gasteiger partial charge on any atom is -0.357 e. The molecule has 0 aromatic carbocycles. The molecule has 1 aromatic rings. The maximum atomic E-state index is 4.85. The van der Waals surface area contributed by atoms with Crippen molar-refractivity contribution in [3.05, 3.63) is 16.1 Å². The van der Waals surface area contributed by atoms with Crippen LogP contribution >= 0.6 is 11.3 Å². The maximum Gasteiger partial charge on any atom is 0.193 e. The Kier molecular flexibility index (Phi) is 5.01. The van der Waals surface area contributed by atoms with Crippen molar-refractivity contribution in [3.63, 3.8) is 0 Å². The van der Waals surface area contributed by atoms with E-state index in [9.17, 15) is 0 Å². The minimum absolute atomic E-state index is 0.600. The molecule has 1 aromatic heterocycles. The number of guanidine groups is 1. The first-order valence-electron chi connectivity index (χ1n) is 8.65. The second-order valence-electron chi connectivity index (χ2n) is 6.73. The Morgan fingerprint density at radius 1 is 1.41 bits per heavy atom. The Morgan fingerprint density at radius 2 is 2.23 bits per heavy atom. The molecule has 22 heavy (non-hydrogen) atoms. The molecule has 2 aliphatic rings. The van der Waals surface area contributed by atoms with Crippen LogP contribution in [0.1, 0.15) is 48.9 Å². The van der Waals surface area contributed by atoms with E-state index >= 15 is 0 Å². The summed E-state index contributed by atoms with van der Waals surface area (Å²) >= 11 is 1.79. The standard InChI is InChI=1S/C17H28N4S/c1-3-18-16(19-10-6-15-20-12-14(2)22-15)21-11-9-17(13-21)7-4-5-8-17/h12H,3-11,13H2,1-2H3,(H,18,19). The lowest BCUT2D eigenvalue weighted by Crippen LogP contribution is -2.41. The van der Waals surface area contributed by atoms with Gasteiger partial charge in [-0.05, 0) is 38.5 Å². The lowest BCUT2D eigenvalue weighted by atomic mass is 9.86. The minimum atomic E-state index is 0.600. The van der Waals surface area contributed by atoms with Gasteiger partial charge in [-0.1, -0.05) is 12.8 Å². The molecule has 1 N–H and O–H groups in total. The second-order valence-corrected chi connectivity index (χ2v) is 8.05. The summed E-state index contributed by atoms with van der Waals surface area (Å²) in [5.74, 6) is 1.11. The summed E-state index contributed by atoms with van der Waals surface area (Å²) in [5, 5.41) is 4.68. The highest BCUT2D eigenvalue weighted by molar-refractivity contribution is 7.11. The van der Waals surface area contributed by atoms with E-state index in [-0.39, 0.29) is 0 Å². The van der Waals surface area contributed by atoms with Gasteiger partial charge in [0.2, 0.25) is 0 Å². The van der Waals surface area contributed by atoms with Gasteiger partial charge in [-0.2, -0.15) is 0 Å². The first-order chi connectivity index (χ1) is 10.7. The Hall–Kier alpha value is -1.10. The number of hydrogen-bond donors (Lipinski definition) is 1. The molecule has 5 heteroatoms. The predicted octanol–water partition coefficient (Wildman–Crippen LogP) is 3.23. The van der Waals surface area contributed by atoms with Crippen LogP contribution in [0.2, 0.25) is 0 Å². The number of aromatic nitrogens is 1. The van der Waals surface area contributed by atoms with E-state index in [2.05, 4.69) is 29.0 Å². The quantitative estimate of drug-likeness (QED) is 0.684. The molecule has 0 atom stereocenters. The molecular weight excluding hydrogens is 292 g/mol. The molecule has 4 nitrogen and oxygen atoms in total. The van der Waals surface area contributed by atoms with Crippen LogP contribution in [0.25, 0.3) is 0 Å². The number of rotatable bonds is 4. The summed E-state index contributed by atoms with van der Waals surface area (Å²) in [6, 6.07) is 0. The fourth-order valence-corrected chi connectivity index (χ4v) is 4.63. The van der Waals surface area contributed by atoms with E-state index in [1.807, 2.05) is 6.20 Å². The van der Waals surface area contributed by atoms with Gasteiger partial charge in [0.05, 0.1) is 5.01 Å². The van der Waals surface area contributed by atoms with Crippen LogP contribution in [0.3, 0.4) is 0 Å². The number of hydrogen-bond acceptors (Lipinski definition) is 3. The van der Waals surface area contributed by atoms with Crippen molar-refractivity contribution >= 4 is 17.3 Å². The highest BCUT2D eigenvalue weighted by atomic mass is 32.1. The molecule has 0 unspecified atom stereocenters. The van der Waals surface area contributed by atoms with Gasteiger partial charge in [-0.25, -0.2) is 4.98 Å². The van der Waals surface area contributed by atoms with Gasteiger partial charge >= 0.3 is 0 Å². The molecule has 1 saturated heterocycles. The lowest BCUT2D eigenvalue weighted by Gasteiger charge is -2.25. The smallest absolute Gasteiger partial charge is 0.193 e. The SMILES string of the molecule is CCNC(=NCCc1ncc(C)s1)N1CCC2(CCCC2)C1. The van der Waals surface area contributed by atoms with Gasteiger partial charge in [0.1, 0.15) is 0 Å². The average Bonchev–Trinajstić information content (AvgIpc) is 3.22. The normalized spacial score (nSPS) is 21.0. The third-order valence-electron chi connectivity index (χ3n) is 4.99. The third kappa shape index (κ3) is 3.62. The molecule has 122 valence electrons. The van der Waals surface area contributed by atoms with Crippen molar-refractivity contribution in [2.24, 2.45) is 10.4 Å².